The molecule has 2 N–H and O–H groups in total. The van der Waals surface area contributed by atoms with E-state index in [-0.39, 0.29) is 6.10 Å². The van der Waals surface area contributed by atoms with Gasteiger partial charge in [0.15, 0.2) is 0 Å². The van der Waals surface area contributed by atoms with Crippen molar-refractivity contribution in [2.24, 2.45) is 0 Å². The van der Waals surface area contributed by atoms with Gasteiger partial charge < -0.3 is 15.0 Å². The minimum Gasteiger partial charge on any atom is -0.384 e. The number of ether oxygens (including phenoxy) is 1. The highest BCUT2D eigenvalue weighted by atomic mass is 16.5. The molecule has 0 aromatic carbocycles. The number of pyridine rings is 1. The van der Waals surface area contributed by atoms with E-state index < -0.39 is 0 Å². The van der Waals surface area contributed by atoms with Crippen molar-refractivity contribution in [2.45, 2.75) is 18.9 Å². The smallest absolute Gasteiger partial charge is 0.276 e. The number of rotatable bonds is 2. The molecule has 6 heteroatoms. The number of nitrogens with two attached hydrogens (primary N) is 1. The van der Waals surface area contributed by atoms with E-state index in [4.69, 9.17) is 15.0 Å². The normalized spacial score (nSPS) is 19.6. The summed E-state index contributed by atoms with van der Waals surface area (Å²) in [6.07, 6.45) is 1.92. The van der Waals surface area contributed by atoms with Gasteiger partial charge in [0, 0.05) is 6.61 Å². The lowest BCUT2D eigenvalue weighted by Gasteiger charge is -2.00. The molecular weight excluding hydrogens is 220 g/mol. The molecule has 3 heterocycles. The van der Waals surface area contributed by atoms with Gasteiger partial charge >= 0.3 is 0 Å². The Kier molecular flexibility index (Phi) is 2.49. The summed E-state index contributed by atoms with van der Waals surface area (Å²) in [6.45, 7) is 0.755. The minimum atomic E-state index is -0.0476. The number of anilines is 1. The van der Waals surface area contributed by atoms with Gasteiger partial charge in [0.05, 0.1) is 0 Å². The Labute approximate surface area is 97.8 Å². The highest BCUT2D eigenvalue weighted by Crippen LogP contribution is 2.27. The Morgan fingerprint density at radius 3 is 3.00 bits per heavy atom. The van der Waals surface area contributed by atoms with E-state index in [0.29, 0.717) is 23.2 Å². The SMILES string of the molecule is Nc1cccc(-c2nc(C3CCCO3)no2)n1. The Hall–Kier alpha value is -1.95. The van der Waals surface area contributed by atoms with Crippen LogP contribution in [0.3, 0.4) is 0 Å². The topological polar surface area (TPSA) is 87.1 Å². The van der Waals surface area contributed by atoms with Crippen LogP contribution in [-0.4, -0.2) is 21.7 Å². The molecule has 2 aromatic rings. The number of nitrogen functional groups attached to an aromatic ring is 1. The lowest BCUT2D eigenvalue weighted by Crippen LogP contribution is -1.98. The predicted octanol–water partition coefficient (Wildman–Crippen LogP) is 1.57. The van der Waals surface area contributed by atoms with Gasteiger partial charge in [-0.05, 0) is 25.0 Å². The highest BCUT2D eigenvalue weighted by Gasteiger charge is 2.23. The van der Waals surface area contributed by atoms with Gasteiger partial charge in [-0.1, -0.05) is 11.2 Å². The second-order valence-electron chi connectivity index (χ2n) is 3.91. The number of hydrogen-bond acceptors (Lipinski definition) is 6. The van der Waals surface area contributed by atoms with Crippen LogP contribution in [0, 0.1) is 0 Å². The van der Waals surface area contributed by atoms with Gasteiger partial charge in [0.2, 0.25) is 5.82 Å². The van der Waals surface area contributed by atoms with Gasteiger partial charge in [-0.15, -0.1) is 0 Å². The summed E-state index contributed by atoms with van der Waals surface area (Å²) >= 11 is 0. The Morgan fingerprint density at radius 1 is 1.29 bits per heavy atom. The van der Waals surface area contributed by atoms with Gasteiger partial charge in [0.25, 0.3) is 5.89 Å². The standard InChI is InChI=1S/C11H12N4O2/c12-9-5-1-3-7(13-9)11-14-10(15-17-11)8-4-2-6-16-8/h1,3,5,8H,2,4,6H2,(H2,12,13). The monoisotopic (exact) mass is 232 g/mol. The Bertz CT molecular complexity index is 520. The van der Waals surface area contributed by atoms with Crippen molar-refractivity contribution in [1.82, 2.24) is 15.1 Å². The Morgan fingerprint density at radius 2 is 2.24 bits per heavy atom. The number of aromatic nitrogens is 3. The van der Waals surface area contributed by atoms with Crippen molar-refractivity contribution in [2.75, 3.05) is 12.3 Å². The minimum absolute atomic E-state index is 0.0476. The fourth-order valence-corrected chi connectivity index (χ4v) is 1.82. The quantitative estimate of drug-likeness (QED) is 0.845. The largest absolute Gasteiger partial charge is 0.384 e. The second-order valence-corrected chi connectivity index (χ2v) is 3.91. The first kappa shape index (κ1) is 10.2. The molecule has 88 valence electrons. The molecule has 0 amide bonds. The van der Waals surface area contributed by atoms with E-state index in [1.807, 2.05) is 0 Å². The summed E-state index contributed by atoms with van der Waals surface area (Å²) in [6, 6.07) is 5.29. The molecule has 0 spiro atoms. The molecule has 1 unspecified atom stereocenters. The summed E-state index contributed by atoms with van der Waals surface area (Å²) in [5.41, 5.74) is 6.18. The molecule has 0 saturated carbocycles. The van der Waals surface area contributed by atoms with Crippen molar-refractivity contribution in [3.05, 3.63) is 24.0 Å². The third kappa shape index (κ3) is 1.99. The molecule has 6 nitrogen and oxygen atoms in total. The van der Waals surface area contributed by atoms with Crippen LogP contribution in [0.5, 0.6) is 0 Å². The zero-order chi connectivity index (χ0) is 11.7. The summed E-state index contributed by atoms with van der Waals surface area (Å²) in [4.78, 5) is 8.41. The third-order valence-electron chi connectivity index (χ3n) is 2.65. The van der Waals surface area contributed by atoms with Crippen molar-refractivity contribution in [1.29, 1.82) is 0 Å². The van der Waals surface area contributed by atoms with Crippen LogP contribution < -0.4 is 5.73 Å². The van der Waals surface area contributed by atoms with Crippen LogP contribution in [0.1, 0.15) is 24.8 Å². The highest BCUT2D eigenvalue weighted by molar-refractivity contribution is 5.49. The fourth-order valence-electron chi connectivity index (χ4n) is 1.82. The number of hydrogen-bond donors (Lipinski definition) is 1. The zero-order valence-electron chi connectivity index (χ0n) is 9.17. The Balaban J connectivity index is 1.89. The van der Waals surface area contributed by atoms with E-state index in [1.165, 1.54) is 0 Å². The van der Waals surface area contributed by atoms with E-state index in [0.717, 1.165) is 19.4 Å². The lowest BCUT2D eigenvalue weighted by atomic mass is 10.2. The molecule has 0 radical (unpaired) electrons. The van der Waals surface area contributed by atoms with E-state index in [2.05, 4.69) is 15.1 Å². The maximum Gasteiger partial charge on any atom is 0.276 e. The van der Waals surface area contributed by atoms with Crippen molar-refractivity contribution < 1.29 is 9.26 Å². The summed E-state index contributed by atoms with van der Waals surface area (Å²) in [5, 5.41) is 3.91. The second kappa shape index (κ2) is 4.14. The van der Waals surface area contributed by atoms with Gasteiger partial charge in [-0.25, -0.2) is 4.98 Å². The molecule has 1 saturated heterocycles. The average molecular weight is 232 g/mol. The van der Waals surface area contributed by atoms with Crippen LogP contribution in [0.4, 0.5) is 5.82 Å². The molecule has 3 rings (SSSR count). The summed E-state index contributed by atoms with van der Waals surface area (Å²) in [5.74, 6) is 1.39. The van der Waals surface area contributed by atoms with Crippen molar-refractivity contribution in [3.8, 4) is 11.6 Å². The molecule has 2 aromatic heterocycles. The van der Waals surface area contributed by atoms with Crippen LogP contribution in [0.15, 0.2) is 22.7 Å². The fraction of sp³-hybridized carbons (Fsp3) is 0.364. The van der Waals surface area contributed by atoms with Crippen molar-refractivity contribution in [3.63, 3.8) is 0 Å². The van der Waals surface area contributed by atoms with Crippen LogP contribution >= 0.6 is 0 Å². The third-order valence-corrected chi connectivity index (χ3v) is 2.65. The van der Waals surface area contributed by atoms with Crippen LogP contribution in [0.2, 0.25) is 0 Å². The first-order valence-electron chi connectivity index (χ1n) is 5.51. The summed E-state index contributed by atoms with van der Waals surface area (Å²) in [7, 11) is 0. The predicted molar refractivity (Wildman–Crippen MR) is 59.9 cm³/mol. The first-order valence-corrected chi connectivity index (χ1v) is 5.51. The average Bonchev–Trinajstić information content (AvgIpc) is 3.00. The first-order chi connectivity index (χ1) is 8.33. The molecule has 1 aliphatic rings. The van der Waals surface area contributed by atoms with E-state index >= 15 is 0 Å². The lowest BCUT2D eigenvalue weighted by molar-refractivity contribution is 0.103. The maximum atomic E-state index is 5.60. The zero-order valence-corrected chi connectivity index (χ0v) is 9.17. The molecule has 1 aliphatic heterocycles. The molecular formula is C11H12N4O2. The van der Waals surface area contributed by atoms with Crippen LogP contribution in [0.25, 0.3) is 11.6 Å². The molecule has 0 aliphatic carbocycles. The molecule has 1 fully saturated rings. The maximum absolute atomic E-state index is 5.60. The van der Waals surface area contributed by atoms with Gasteiger partial charge in [-0.2, -0.15) is 4.98 Å². The molecule has 0 bridgehead atoms. The number of nitrogens with zero attached hydrogens (tertiary/aromatic N) is 3. The van der Waals surface area contributed by atoms with Gasteiger partial charge in [-0.3, -0.25) is 0 Å². The van der Waals surface area contributed by atoms with Crippen LogP contribution in [-0.2, 0) is 4.74 Å². The van der Waals surface area contributed by atoms with E-state index in [9.17, 15) is 0 Å². The molecule has 1 atom stereocenters. The van der Waals surface area contributed by atoms with Gasteiger partial charge in [0.1, 0.15) is 17.6 Å². The molecule has 17 heavy (non-hydrogen) atoms. The van der Waals surface area contributed by atoms with E-state index in [1.54, 1.807) is 18.2 Å². The van der Waals surface area contributed by atoms with Crippen molar-refractivity contribution >= 4 is 5.82 Å². The summed E-state index contributed by atoms with van der Waals surface area (Å²) < 4.78 is 10.6.